The average Bonchev–Trinajstić information content (AvgIpc) is 2.66. The van der Waals surface area contributed by atoms with E-state index in [1.54, 1.807) is 6.20 Å². The van der Waals surface area contributed by atoms with Crippen molar-refractivity contribution in [2.24, 2.45) is 0 Å². The van der Waals surface area contributed by atoms with Crippen molar-refractivity contribution >= 4 is 17.0 Å². The highest BCUT2D eigenvalue weighted by Crippen LogP contribution is 2.27. The summed E-state index contributed by atoms with van der Waals surface area (Å²) in [6.07, 6.45) is 4.58. The molecule has 0 saturated carbocycles. The molecule has 2 aromatic rings. The number of amides is 1. The maximum Gasteiger partial charge on any atom is 0.407 e. The summed E-state index contributed by atoms with van der Waals surface area (Å²) < 4.78 is 30.7. The van der Waals surface area contributed by atoms with Gasteiger partial charge in [0.05, 0.1) is 25.9 Å². The first-order valence-corrected chi connectivity index (χ1v) is 9.97. The Balaban J connectivity index is 1.54. The van der Waals surface area contributed by atoms with Gasteiger partial charge in [0.15, 0.2) is 5.82 Å². The number of carbonyl (C=O) groups is 1. The molecule has 158 valence electrons. The summed E-state index contributed by atoms with van der Waals surface area (Å²) in [4.78, 5) is 16.0. The first kappa shape index (κ1) is 21.3. The van der Waals surface area contributed by atoms with E-state index < -0.39 is 11.7 Å². The number of hydrogen-bond donors (Lipinski definition) is 1. The molecule has 1 N–H and O–H groups in total. The molecule has 29 heavy (non-hydrogen) atoms. The predicted octanol–water partition coefficient (Wildman–Crippen LogP) is 4.39. The van der Waals surface area contributed by atoms with Crippen molar-refractivity contribution in [3.05, 3.63) is 35.8 Å². The van der Waals surface area contributed by atoms with E-state index in [9.17, 15) is 9.18 Å². The van der Waals surface area contributed by atoms with Crippen molar-refractivity contribution in [1.82, 2.24) is 10.3 Å². The van der Waals surface area contributed by atoms with Gasteiger partial charge in [-0.05, 0) is 64.2 Å². The summed E-state index contributed by atoms with van der Waals surface area (Å²) in [6, 6.07) is 5.04. The first-order chi connectivity index (χ1) is 13.7. The van der Waals surface area contributed by atoms with Crippen molar-refractivity contribution < 1.29 is 23.4 Å². The van der Waals surface area contributed by atoms with Gasteiger partial charge in [0.1, 0.15) is 16.9 Å². The Morgan fingerprint density at radius 3 is 2.79 bits per heavy atom. The zero-order valence-electron chi connectivity index (χ0n) is 17.5. The molecule has 7 heteroatoms. The number of nitrogens with zero attached hydrogens (tertiary/aromatic N) is 1. The number of methoxy groups -OCH3 is 1. The minimum absolute atomic E-state index is 0.0405. The van der Waals surface area contributed by atoms with Crippen LogP contribution >= 0.6 is 0 Å². The van der Waals surface area contributed by atoms with E-state index in [1.807, 2.05) is 32.9 Å². The van der Waals surface area contributed by atoms with Gasteiger partial charge in [-0.3, -0.25) is 4.98 Å². The van der Waals surface area contributed by atoms with Crippen molar-refractivity contribution in [3.63, 3.8) is 0 Å². The van der Waals surface area contributed by atoms with Gasteiger partial charge in [0.2, 0.25) is 0 Å². The molecule has 0 unspecified atom stereocenters. The van der Waals surface area contributed by atoms with Crippen LogP contribution in [0.15, 0.2) is 24.4 Å². The van der Waals surface area contributed by atoms with Gasteiger partial charge in [-0.15, -0.1) is 0 Å². The molecule has 6 nitrogen and oxygen atoms in total. The maximum atomic E-state index is 14.2. The number of alkyl carbamates (subject to hydrolysis) is 1. The number of fused-ring (bicyclic) bond motifs is 1. The summed E-state index contributed by atoms with van der Waals surface area (Å²) >= 11 is 0. The van der Waals surface area contributed by atoms with Gasteiger partial charge in [0, 0.05) is 17.6 Å². The van der Waals surface area contributed by atoms with E-state index in [2.05, 4.69) is 10.3 Å². The molecule has 2 atom stereocenters. The van der Waals surface area contributed by atoms with Crippen molar-refractivity contribution in [1.29, 1.82) is 0 Å². The monoisotopic (exact) mass is 404 g/mol. The van der Waals surface area contributed by atoms with Crippen LogP contribution in [0.5, 0.6) is 5.75 Å². The Morgan fingerprint density at radius 2 is 2.14 bits per heavy atom. The second-order valence-electron chi connectivity index (χ2n) is 8.39. The molecule has 1 fully saturated rings. The maximum absolute atomic E-state index is 14.2. The Labute approximate surface area is 170 Å². The number of halogens is 1. The number of carbonyl (C=O) groups excluding carboxylic acids is 1. The van der Waals surface area contributed by atoms with E-state index in [-0.39, 0.29) is 18.0 Å². The van der Waals surface area contributed by atoms with Crippen molar-refractivity contribution in [3.8, 4) is 5.75 Å². The SMILES string of the molecule is COc1cc(F)c2nccc(CC[C@H]3CC[C@@H](NC(=O)OC(C)(C)C)CO3)c2c1. The summed E-state index contributed by atoms with van der Waals surface area (Å²) in [5.41, 5.74) is 0.859. The Bertz CT molecular complexity index is 858. The molecule has 0 bridgehead atoms. The number of nitrogens with one attached hydrogen (secondary N) is 1. The molecule has 1 aliphatic rings. The third kappa shape index (κ3) is 5.79. The fourth-order valence-electron chi connectivity index (χ4n) is 3.52. The lowest BCUT2D eigenvalue weighted by Crippen LogP contribution is -2.44. The molecule has 1 saturated heterocycles. The van der Waals surface area contributed by atoms with Gasteiger partial charge in [-0.1, -0.05) is 0 Å². The zero-order valence-corrected chi connectivity index (χ0v) is 17.5. The van der Waals surface area contributed by atoms with E-state index in [0.29, 0.717) is 17.9 Å². The van der Waals surface area contributed by atoms with Crippen LogP contribution in [-0.4, -0.2) is 42.5 Å². The average molecular weight is 404 g/mol. The van der Waals surface area contributed by atoms with Crippen LogP contribution in [0.4, 0.5) is 9.18 Å². The van der Waals surface area contributed by atoms with E-state index >= 15 is 0 Å². The Hall–Kier alpha value is -2.41. The third-order valence-corrected chi connectivity index (χ3v) is 4.92. The number of pyridine rings is 1. The summed E-state index contributed by atoms with van der Waals surface area (Å²) in [7, 11) is 1.52. The third-order valence-electron chi connectivity index (χ3n) is 4.92. The standard InChI is InChI=1S/C22H29FN2O4/c1-22(2,3)29-21(26)25-15-6-8-16(28-13-15)7-5-14-9-10-24-20-18(14)11-17(27-4)12-19(20)23/h9-12,15-16H,5-8,13H2,1-4H3,(H,25,26)/t15-,16+/m1/s1. The fourth-order valence-corrected chi connectivity index (χ4v) is 3.52. The summed E-state index contributed by atoms with van der Waals surface area (Å²) in [6.45, 7) is 5.97. The first-order valence-electron chi connectivity index (χ1n) is 9.97. The highest BCUT2D eigenvalue weighted by atomic mass is 19.1. The molecule has 0 spiro atoms. The molecular weight excluding hydrogens is 375 g/mol. The van der Waals surface area contributed by atoms with Crippen molar-refractivity contribution in [2.75, 3.05) is 13.7 Å². The van der Waals surface area contributed by atoms with Gasteiger partial charge < -0.3 is 19.5 Å². The van der Waals surface area contributed by atoms with Crippen LogP contribution < -0.4 is 10.1 Å². The quantitative estimate of drug-likeness (QED) is 0.801. The predicted molar refractivity (Wildman–Crippen MR) is 109 cm³/mol. The lowest BCUT2D eigenvalue weighted by Gasteiger charge is -2.30. The molecule has 1 aliphatic heterocycles. The van der Waals surface area contributed by atoms with Crippen LogP contribution in [0.25, 0.3) is 10.9 Å². The normalized spacial score (nSPS) is 19.8. The van der Waals surface area contributed by atoms with Crippen LogP contribution in [0.1, 0.15) is 45.6 Å². The minimum Gasteiger partial charge on any atom is -0.497 e. The largest absolute Gasteiger partial charge is 0.497 e. The van der Waals surface area contributed by atoms with E-state index in [1.165, 1.54) is 13.2 Å². The number of aryl methyl sites for hydroxylation is 1. The molecule has 1 aromatic carbocycles. The smallest absolute Gasteiger partial charge is 0.407 e. The number of hydrogen-bond acceptors (Lipinski definition) is 5. The molecule has 2 heterocycles. The molecular formula is C22H29FN2O4. The van der Waals surface area contributed by atoms with Gasteiger partial charge in [-0.25, -0.2) is 9.18 Å². The van der Waals surface area contributed by atoms with Gasteiger partial charge in [0.25, 0.3) is 0 Å². The molecule has 3 rings (SSSR count). The summed E-state index contributed by atoms with van der Waals surface area (Å²) in [5.74, 6) is 0.0976. The molecule has 0 aliphatic carbocycles. The van der Waals surface area contributed by atoms with Crippen LogP contribution in [-0.2, 0) is 15.9 Å². The van der Waals surface area contributed by atoms with Gasteiger partial charge >= 0.3 is 6.09 Å². The molecule has 1 amide bonds. The summed E-state index contributed by atoms with van der Waals surface area (Å²) in [5, 5.41) is 3.63. The van der Waals surface area contributed by atoms with Crippen LogP contribution in [0.3, 0.4) is 0 Å². The second kappa shape index (κ2) is 8.95. The highest BCUT2D eigenvalue weighted by molar-refractivity contribution is 5.84. The lowest BCUT2D eigenvalue weighted by atomic mass is 9.97. The highest BCUT2D eigenvalue weighted by Gasteiger charge is 2.25. The fraction of sp³-hybridized carbons (Fsp3) is 0.545. The zero-order chi connectivity index (χ0) is 21.0. The van der Waals surface area contributed by atoms with Gasteiger partial charge in [-0.2, -0.15) is 0 Å². The van der Waals surface area contributed by atoms with E-state index in [4.69, 9.17) is 14.2 Å². The molecule has 1 aromatic heterocycles. The van der Waals surface area contributed by atoms with Crippen LogP contribution in [0, 0.1) is 5.82 Å². The number of benzene rings is 1. The molecule has 0 radical (unpaired) electrons. The Morgan fingerprint density at radius 1 is 1.34 bits per heavy atom. The second-order valence-corrected chi connectivity index (χ2v) is 8.39. The number of aromatic nitrogens is 1. The van der Waals surface area contributed by atoms with Crippen molar-refractivity contribution in [2.45, 2.75) is 64.2 Å². The Kier molecular flexibility index (Phi) is 6.57. The minimum atomic E-state index is -0.516. The van der Waals surface area contributed by atoms with Crippen LogP contribution in [0.2, 0.25) is 0 Å². The topological polar surface area (TPSA) is 69.7 Å². The number of rotatable bonds is 5. The van der Waals surface area contributed by atoms with E-state index in [0.717, 1.165) is 36.6 Å². The lowest BCUT2D eigenvalue weighted by molar-refractivity contribution is -0.0113. The number of ether oxygens (including phenoxy) is 3.